The van der Waals surface area contributed by atoms with Crippen molar-refractivity contribution >= 4 is 23.4 Å². The monoisotopic (exact) mass is 326 g/mol. The Morgan fingerprint density at radius 3 is 2.71 bits per heavy atom. The highest BCUT2D eigenvalue weighted by molar-refractivity contribution is 6.25. The first-order valence-electron chi connectivity index (χ1n) is 7.10. The van der Waals surface area contributed by atoms with Gasteiger partial charge in [-0.1, -0.05) is 18.7 Å². The fourth-order valence-corrected chi connectivity index (χ4v) is 2.14. The van der Waals surface area contributed by atoms with E-state index >= 15 is 0 Å². The van der Waals surface area contributed by atoms with E-state index in [0.29, 0.717) is 17.1 Å². The van der Waals surface area contributed by atoms with Crippen molar-refractivity contribution in [1.29, 1.82) is 0 Å². The molecule has 4 N–H and O–H groups in total. The highest BCUT2D eigenvalue weighted by Crippen LogP contribution is 2.18. The van der Waals surface area contributed by atoms with Gasteiger partial charge in [0.15, 0.2) is 0 Å². The summed E-state index contributed by atoms with van der Waals surface area (Å²) < 4.78 is 4.71. The fraction of sp³-hybridized carbons (Fsp3) is 0.118. The van der Waals surface area contributed by atoms with Crippen LogP contribution in [0.4, 0.5) is 5.69 Å². The van der Waals surface area contributed by atoms with Gasteiger partial charge in [-0.05, 0) is 25.1 Å². The first-order valence-corrected chi connectivity index (χ1v) is 7.10. The summed E-state index contributed by atoms with van der Waals surface area (Å²) in [6.07, 6.45) is 2.88. The van der Waals surface area contributed by atoms with Crippen LogP contribution in [0, 0.1) is 0 Å². The molecular formula is C17H18N4O3. The second kappa shape index (κ2) is 7.28. The molecule has 0 unspecified atom stereocenters. The molecule has 7 nitrogen and oxygen atoms in total. The van der Waals surface area contributed by atoms with Crippen LogP contribution in [0.3, 0.4) is 0 Å². The summed E-state index contributed by atoms with van der Waals surface area (Å²) in [4.78, 5) is 28.6. The van der Waals surface area contributed by atoms with E-state index in [9.17, 15) is 9.59 Å². The van der Waals surface area contributed by atoms with Crippen molar-refractivity contribution in [3.63, 3.8) is 0 Å². The van der Waals surface area contributed by atoms with Gasteiger partial charge in [-0.2, -0.15) is 0 Å². The van der Waals surface area contributed by atoms with Crippen LogP contribution in [0.2, 0.25) is 0 Å². The Morgan fingerprint density at radius 2 is 2.08 bits per heavy atom. The van der Waals surface area contributed by atoms with Crippen LogP contribution >= 0.6 is 0 Å². The average Bonchev–Trinajstić information content (AvgIpc) is 2.54. The highest BCUT2D eigenvalue weighted by Gasteiger charge is 2.21. The number of nitrogens with one attached hydrogen (secondary N) is 2. The van der Waals surface area contributed by atoms with Crippen molar-refractivity contribution in [2.75, 3.05) is 12.4 Å². The summed E-state index contributed by atoms with van der Waals surface area (Å²) in [6, 6.07) is 6.52. The van der Waals surface area contributed by atoms with Gasteiger partial charge >= 0.3 is 5.97 Å². The minimum absolute atomic E-state index is 0.128. The number of carbonyl (C=O) groups is 2. The standard InChI is InChI=1S/C17H18N4O3/c1-10-8-11(2)20-15(19-10)13(9-18)16(22)21-14-7-5-4-6-12(14)17(23)24-3/h4-9H,1,18H2,2-3H3,(H,19,20)(H,21,22). The summed E-state index contributed by atoms with van der Waals surface area (Å²) in [5.74, 6) is -0.775. The number of nitrogens with zero attached hydrogens (tertiary/aromatic N) is 1. The molecule has 1 aromatic rings. The number of benzene rings is 1. The van der Waals surface area contributed by atoms with Crippen LogP contribution in [0.1, 0.15) is 17.3 Å². The summed E-state index contributed by atoms with van der Waals surface area (Å²) in [7, 11) is 1.27. The molecule has 0 radical (unpaired) electrons. The molecule has 2 rings (SSSR count). The van der Waals surface area contributed by atoms with Gasteiger partial charge < -0.3 is 21.1 Å². The van der Waals surface area contributed by atoms with Gasteiger partial charge in [0.2, 0.25) is 0 Å². The summed E-state index contributed by atoms with van der Waals surface area (Å²) >= 11 is 0. The van der Waals surface area contributed by atoms with Crippen LogP contribution < -0.4 is 16.4 Å². The Bertz CT molecular complexity index is 791. The molecule has 0 bridgehead atoms. The van der Waals surface area contributed by atoms with Gasteiger partial charge in [0.25, 0.3) is 5.91 Å². The Labute approximate surface area is 139 Å². The molecule has 0 saturated carbocycles. The van der Waals surface area contributed by atoms with Crippen molar-refractivity contribution < 1.29 is 14.3 Å². The third-order valence-electron chi connectivity index (χ3n) is 3.20. The lowest BCUT2D eigenvalue weighted by molar-refractivity contribution is -0.112. The predicted molar refractivity (Wildman–Crippen MR) is 92.1 cm³/mol. The maximum atomic E-state index is 12.5. The fourth-order valence-electron chi connectivity index (χ4n) is 2.14. The number of esters is 1. The van der Waals surface area contributed by atoms with Crippen LogP contribution in [-0.4, -0.2) is 24.8 Å². The molecule has 24 heavy (non-hydrogen) atoms. The van der Waals surface area contributed by atoms with Gasteiger partial charge in [0.1, 0.15) is 5.84 Å². The van der Waals surface area contributed by atoms with E-state index in [2.05, 4.69) is 22.2 Å². The second-order valence-electron chi connectivity index (χ2n) is 4.97. The zero-order chi connectivity index (χ0) is 17.7. The minimum Gasteiger partial charge on any atom is -0.465 e. The molecule has 7 heteroatoms. The number of nitrogens with two attached hydrogens (primary N) is 1. The van der Waals surface area contributed by atoms with Gasteiger partial charge in [-0.15, -0.1) is 0 Å². The molecular weight excluding hydrogens is 308 g/mol. The van der Waals surface area contributed by atoms with E-state index in [1.54, 1.807) is 37.3 Å². The molecule has 0 spiro atoms. The van der Waals surface area contributed by atoms with Gasteiger partial charge in [0.05, 0.1) is 23.9 Å². The number of carbonyl (C=O) groups excluding carboxylic acids is 2. The summed E-state index contributed by atoms with van der Waals surface area (Å²) in [5.41, 5.74) is 7.56. The molecule has 0 atom stereocenters. The number of para-hydroxylation sites is 1. The van der Waals surface area contributed by atoms with E-state index in [-0.39, 0.29) is 17.0 Å². The number of amidine groups is 1. The molecule has 1 aliphatic rings. The Balaban J connectivity index is 2.28. The van der Waals surface area contributed by atoms with Crippen LogP contribution in [0.25, 0.3) is 0 Å². The zero-order valence-corrected chi connectivity index (χ0v) is 13.4. The number of anilines is 1. The molecule has 0 aliphatic carbocycles. The maximum Gasteiger partial charge on any atom is 0.339 e. The van der Waals surface area contributed by atoms with E-state index in [1.165, 1.54) is 7.11 Å². The van der Waals surface area contributed by atoms with E-state index in [0.717, 1.165) is 6.20 Å². The normalized spacial score (nSPS) is 14.2. The second-order valence-corrected chi connectivity index (χ2v) is 4.97. The van der Waals surface area contributed by atoms with Crippen LogP contribution in [0.5, 0.6) is 0 Å². The quantitative estimate of drug-likeness (QED) is 0.576. The molecule has 1 aliphatic heterocycles. The summed E-state index contributed by atoms with van der Waals surface area (Å²) in [6.45, 7) is 5.58. The van der Waals surface area contributed by atoms with E-state index in [4.69, 9.17) is 10.5 Å². The average molecular weight is 326 g/mol. The molecule has 0 saturated heterocycles. The lowest BCUT2D eigenvalue weighted by Gasteiger charge is -2.17. The third kappa shape index (κ3) is 3.70. The summed E-state index contributed by atoms with van der Waals surface area (Å²) in [5, 5.41) is 5.54. The topological polar surface area (TPSA) is 106 Å². The van der Waals surface area contributed by atoms with Gasteiger partial charge in [0, 0.05) is 17.6 Å². The van der Waals surface area contributed by atoms with Crippen LogP contribution in [-0.2, 0) is 9.53 Å². The number of allylic oxidation sites excluding steroid dienone is 2. The third-order valence-corrected chi connectivity index (χ3v) is 3.20. The zero-order valence-electron chi connectivity index (χ0n) is 13.4. The van der Waals surface area contributed by atoms with Crippen LogP contribution in [0.15, 0.2) is 65.1 Å². The molecule has 124 valence electrons. The number of rotatable bonds is 4. The first-order chi connectivity index (χ1) is 11.5. The lowest BCUT2D eigenvalue weighted by Crippen LogP contribution is -2.33. The molecule has 1 aromatic carbocycles. The number of aliphatic imine (C=N–C) groups is 1. The van der Waals surface area contributed by atoms with E-state index in [1.807, 2.05) is 0 Å². The Hall–Kier alpha value is -3.35. The predicted octanol–water partition coefficient (Wildman–Crippen LogP) is 1.67. The molecule has 0 fully saturated rings. The van der Waals surface area contributed by atoms with Crippen molar-refractivity contribution in [3.05, 3.63) is 65.7 Å². The number of ether oxygens (including phenoxy) is 1. The minimum atomic E-state index is -0.551. The largest absolute Gasteiger partial charge is 0.465 e. The number of amides is 1. The number of methoxy groups -OCH3 is 1. The number of hydrogen-bond donors (Lipinski definition) is 3. The highest BCUT2D eigenvalue weighted by atomic mass is 16.5. The molecule has 1 heterocycles. The maximum absolute atomic E-state index is 12.5. The van der Waals surface area contributed by atoms with Gasteiger partial charge in [-0.25, -0.2) is 9.79 Å². The van der Waals surface area contributed by atoms with E-state index < -0.39 is 11.9 Å². The van der Waals surface area contributed by atoms with Crippen molar-refractivity contribution in [1.82, 2.24) is 5.32 Å². The Morgan fingerprint density at radius 1 is 1.38 bits per heavy atom. The smallest absolute Gasteiger partial charge is 0.339 e. The van der Waals surface area contributed by atoms with Crippen molar-refractivity contribution in [2.24, 2.45) is 10.7 Å². The van der Waals surface area contributed by atoms with Gasteiger partial charge in [-0.3, -0.25) is 4.79 Å². The first kappa shape index (κ1) is 17.0. The lowest BCUT2D eigenvalue weighted by atomic mass is 10.1. The Kier molecular flexibility index (Phi) is 5.16. The molecule has 0 aromatic heterocycles. The molecule has 1 amide bonds. The SMILES string of the molecule is C=C1C=C(C)N=C(C(=CN)C(=O)Nc2ccccc2C(=O)OC)N1. The van der Waals surface area contributed by atoms with Crippen molar-refractivity contribution in [3.8, 4) is 0 Å². The van der Waals surface area contributed by atoms with Crippen molar-refractivity contribution in [2.45, 2.75) is 6.92 Å². The number of hydrogen-bond acceptors (Lipinski definition) is 6.